The molecule has 0 radical (unpaired) electrons. The normalized spacial score (nSPS) is 14.4. The molecule has 0 saturated heterocycles. The lowest BCUT2D eigenvalue weighted by atomic mass is 9.82. The molecule has 0 aromatic rings. The lowest BCUT2D eigenvalue weighted by Crippen LogP contribution is -2.48. The van der Waals surface area contributed by atoms with Crippen molar-refractivity contribution in [1.29, 1.82) is 0 Å². The van der Waals surface area contributed by atoms with E-state index in [0.29, 0.717) is 0 Å². The quantitative estimate of drug-likeness (QED) is 0.784. The van der Waals surface area contributed by atoms with E-state index in [1.807, 2.05) is 0 Å². The van der Waals surface area contributed by atoms with Gasteiger partial charge in [0.15, 0.2) is 0 Å². The van der Waals surface area contributed by atoms with E-state index in [4.69, 9.17) is 5.11 Å². The van der Waals surface area contributed by atoms with Crippen molar-refractivity contribution in [1.82, 2.24) is 5.32 Å². The summed E-state index contributed by atoms with van der Waals surface area (Å²) in [7, 11) is 0. The van der Waals surface area contributed by atoms with Crippen LogP contribution in [0.4, 0.5) is 13.2 Å². The third-order valence-electron chi connectivity index (χ3n) is 2.38. The number of hydrogen-bond donors (Lipinski definition) is 2. The highest BCUT2D eigenvalue weighted by Gasteiger charge is 2.41. The summed E-state index contributed by atoms with van der Waals surface area (Å²) >= 11 is 0. The molecule has 0 spiro atoms. The van der Waals surface area contributed by atoms with E-state index in [1.165, 1.54) is 20.8 Å². The molecule has 2 N–H and O–H groups in total. The fourth-order valence-electron chi connectivity index (χ4n) is 1.02. The molecule has 0 bridgehead atoms. The molecule has 0 aliphatic heterocycles. The summed E-state index contributed by atoms with van der Waals surface area (Å²) in [5, 5.41) is 10.3. The largest absolute Gasteiger partial charge is 0.481 e. The molecule has 0 rings (SSSR count). The van der Waals surface area contributed by atoms with E-state index in [2.05, 4.69) is 0 Å². The Balaban J connectivity index is 4.52. The molecule has 1 unspecified atom stereocenters. The first kappa shape index (κ1) is 14.7. The number of amides is 1. The van der Waals surface area contributed by atoms with Crippen LogP contribution in [0.25, 0.3) is 0 Å². The number of rotatable bonds is 4. The van der Waals surface area contributed by atoms with Crippen LogP contribution in [0.3, 0.4) is 0 Å². The van der Waals surface area contributed by atoms with Crippen molar-refractivity contribution in [3.63, 3.8) is 0 Å². The summed E-state index contributed by atoms with van der Waals surface area (Å²) in [5.41, 5.74) is -0.952. The van der Waals surface area contributed by atoms with Crippen molar-refractivity contribution >= 4 is 11.9 Å². The fourth-order valence-corrected chi connectivity index (χ4v) is 1.02. The monoisotopic (exact) mass is 241 g/mol. The molecule has 1 amide bonds. The standard InChI is InChI=1S/C9H14F3NO3/c1-5(8(2,3)4-6(14)15)13-7(16)9(10,11)12/h5H,4H2,1-3H3,(H,13,16)(H,14,15). The van der Waals surface area contributed by atoms with Gasteiger partial charge in [0.25, 0.3) is 0 Å². The smallest absolute Gasteiger partial charge is 0.471 e. The average Bonchev–Trinajstić information content (AvgIpc) is 1.99. The summed E-state index contributed by atoms with van der Waals surface area (Å²) in [6.45, 7) is 4.29. The molecule has 0 aromatic heterocycles. The number of hydrogen-bond acceptors (Lipinski definition) is 2. The van der Waals surface area contributed by atoms with E-state index in [9.17, 15) is 22.8 Å². The minimum atomic E-state index is -4.95. The van der Waals surface area contributed by atoms with Crippen LogP contribution in [0, 0.1) is 5.41 Å². The molecule has 16 heavy (non-hydrogen) atoms. The van der Waals surface area contributed by atoms with Gasteiger partial charge in [-0.3, -0.25) is 9.59 Å². The number of carbonyl (C=O) groups excluding carboxylic acids is 1. The Morgan fingerprint density at radius 2 is 1.75 bits per heavy atom. The van der Waals surface area contributed by atoms with E-state index in [1.54, 1.807) is 5.32 Å². The number of carbonyl (C=O) groups is 2. The average molecular weight is 241 g/mol. The van der Waals surface area contributed by atoms with Crippen LogP contribution in [0.1, 0.15) is 27.2 Å². The first-order valence-electron chi connectivity index (χ1n) is 4.56. The Kier molecular flexibility index (Phi) is 4.34. The van der Waals surface area contributed by atoms with Crippen LogP contribution in [0.15, 0.2) is 0 Å². The number of carboxylic acid groups (broad SMARTS) is 1. The zero-order valence-corrected chi connectivity index (χ0v) is 9.18. The Morgan fingerprint density at radius 1 is 1.31 bits per heavy atom. The molecule has 0 fully saturated rings. The predicted molar refractivity (Wildman–Crippen MR) is 49.7 cm³/mol. The molecule has 0 heterocycles. The molecular weight excluding hydrogens is 227 g/mol. The number of carboxylic acids is 1. The number of alkyl halides is 3. The number of nitrogens with one attached hydrogen (secondary N) is 1. The van der Waals surface area contributed by atoms with Gasteiger partial charge in [-0.15, -0.1) is 0 Å². The van der Waals surface area contributed by atoms with Gasteiger partial charge in [-0.25, -0.2) is 0 Å². The third kappa shape index (κ3) is 4.50. The van der Waals surface area contributed by atoms with E-state index in [-0.39, 0.29) is 6.42 Å². The maximum Gasteiger partial charge on any atom is 0.471 e. The van der Waals surface area contributed by atoms with Crippen LogP contribution in [0.5, 0.6) is 0 Å². The van der Waals surface area contributed by atoms with Gasteiger partial charge in [0.05, 0.1) is 6.42 Å². The highest BCUT2D eigenvalue weighted by atomic mass is 19.4. The topological polar surface area (TPSA) is 66.4 Å². The summed E-state index contributed by atoms with van der Waals surface area (Å²) in [6.07, 6.45) is -5.28. The van der Waals surface area contributed by atoms with Crippen LogP contribution in [-0.4, -0.2) is 29.2 Å². The maximum atomic E-state index is 11.9. The van der Waals surface area contributed by atoms with E-state index >= 15 is 0 Å². The first-order chi connectivity index (χ1) is 6.97. The van der Waals surface area contributed by atoms with E-state index in [0.717, 1.165) is 0 Å². The molecule has 0 aliphatic rings. The maximum absolute atomic E-state index is 11.9. The molecule has 0 saturated carbocycles. The van der Waals surface area contributed by atoms with Crippen LogP contribution < -0.4 is 5.32 Å². The lowest BCUT2D eigenvalue weighted by Gasteiger charge is -2.31. The summed E-state index contributed by atoms with van der Waals surface area (Å²) < 4.78 is 35.8. The minimum Gasteiger partial charge on any atom is -0.481 e. The van der Waals surface area contributed by atoms with Gasteiger partial charge in [-0.05, 0) is 12.3 Å². The molecular formula is C9H14F3NO3. The van der Waals surface area contributed by atoms with Crippen molar-refractivity contribution in [3.8, 4) is 0 Å². The number of halogens is 3. The zero-order chi connectivity index (χ0) is 13.1. The van der Waals surface area contributed by atoms with Gasteiger partial charge in [-0.1, -0.05) is 13.8 Å². The molecule has 1 atom stereocenters. The van der Waals surface area contributed by atoms with E-state index < -0.39 is 29.5 Å². The molecule has 0 aliphatic carbocycles. The first-order valence-corrected chi connectivity index (χ1v) is 4.56. The van der Waals surface area contributed by atoms with Gasteiger partial charge in [0.2, 0.25) is 0 Å². The fraction of sp³-hybridized carbons (Fsp3) is 0.778. The summed E-state index contributed by atoms with van der Waals surface area (Å²) in [5.74, 6) is -3.18. The van der Waals surface area contributed by atoms with Crippen LogP contribution in [-0.2, 0) is 9.59 Å². The minimum absolute atomic E-state index is 0.327. The molecule has 94 valence electrons. The van der Waals surface area contributed by atoms with Gasteiger partial charge >= 0.3 is 18.1 Å². The van der Waals surface area contributed by atoms with Crippen LogP contribution in [0.2, 0.25) is 0 Å². The summed E-state index contributed by atoms with van der Waals surface area (Å²) in [6, 6.07) is -0.891. The third-order valence-corrected chi connectivity index (χ3v) is 2.38. The lowest BCUT2D eigenvalue weighted by molar-refractivity contribution is -0.175. The molecule has 7 heteroatoms. The van der Waals surface area contributed by atoms with Crippen LogP contribution >= 0.6 is 0 Å². The molecule has 0 aromatic carbocycles. The van der Waals surface area contributed by atoms with Crippen molar-refractivity contribution in [3.05, 3.63) is 0 Å². The predicted octanol–water partition coefficient (Wildman–Crippen LogP) is 1.55. The molecule has 4 nitrogen and oxygen atoms in total. The van der Waals surface area contributed by atoms with Gasteiger partial charge in [0.1, 0.15) is 0 Å². The van der Waals surface area contributed by atoms with Crippen molar-refractivity contribution in [2.75, 3.05) is 0 Å². The second kappa shape index (κ2) is 4.71. The highest BCUT2D eigenvalue weighted by Crippen LogP contribution is 2.26. The van der Waals surface area contributed by atoms with Gasteiger partial charge in [-0.2, -0.15) is 13.2 Å². The zero-order valence-electron chi connectivity index (χ0n) is 9.18. The van der Waals surface area contributed by atoms with Gasteiger partial charge < -0.3 is 10.4 Å². The second-order valence-electron chi connectivity index (χ2n) is 4.25. The second-order valence-corrected chi connectivity index (χ2v) is 4.25. The summed E-state index contributed by atoms with van der Waals surface area (Å²) in [4.78, 5) is 21.1. The van der Waals surface area contributed by atoms with Crippen molar-refractivity contribution < 1.29 is 27.9 Å². The van der Waals surface area contributed by atoms with Gasteiger partial charge in [0, 0.05) is 6.04 Å². The Bertz CT molecular complexity index is 286. The van der Waals surface area contributed by atoms with Crippen molar-refractivity contribution in [2.24, 2.45) is 5.41 Å². The SMILES string of the molecule is CC(NC(=O)C(F)(F)F)C(C)(C)CC(=O)O. The Morgan fingerprint density at radius 3 is 2.06 bits per heavy atom. The highest BCUT2D eigenvalue weighted by molar-refractivity contribution is 5.82. The Hall–Kier alpha value is -1.27. The number of aliphatic carboxylic acids is 1. The van der Waals surface area contributed by atoms with Crippen molar-refractivity contribution in [2.45, 2.75) is 39.4 Å². The Labute approximate surface area is 90.8 Å².